The molecule has 0 atom stereocenters. The Morgan fingerprint density at radius 2 is 2.06 bits per heavy atom. The van der Waals surface area contributed by atoms with Gasteiger partial charge in [0, 0.05) is 4.47 Å². The Morgan fingerprint density at radius 3 is 2.53 bits per heavy atom. The number of hydrogen-bond acceptors (Lipinski definition) is 4. The van der Waals surface area contributed by atoms with Gasteiger partial charge in [-0.25, -0.2) is 13.2 Å². The van der Waals surface area contributed by atoms with Crippen molar-refractivity contribution < 1.29 is 23.2 Å². The topological polar surface area (TPSA) is 92.7 Å². The van der Waals surface area contributed by atoms with Crippen molar-refractivity contribution in [2.75, 3.05) is 7.11 Å². The monoisotopic (exact) mass is 323 g/mol. The Labute approximate surface area is 107 Å². The van der Waals surface area contributed by atoms with Crippen molar-refractivity contribution in [1.82, 2.24) is 4.89 Å². The second kappa shape index (κ2) is 5.13. The number of nitrogens with one attached hydrogen (secondary N) is 1. The van der Waals surface area contributed by atoms with E-state index in [9.17, 15) is 13.2 Å². The molecule has 0 aromatic heterocycles. The van der Waals surface area contributed by atoms with Crippen molar-refractivity contribution in [3.05, 3.63) is 27.7 Å². The maximum absolute atomic E-state index is 11.6. The van der Waals surface area contributed by atoms with Gasteiger partial charge in [0.05, 0.1) is 17.6 Å². The maximum Gasteiger partial charge on any atom is 0.336 e. The van der Waals surface area contributed by atoms with Crippen LogP contribution in [0, 0.1) is 6.92 Å². The predicted octanol–water partition coefficient (Wildman–Crippen LogP) is 1.30. The molecule has 0 unspecified atom stereocenters. The highest BCUT2D eigenvalue weighted by molar-refractivity contribution is 9.10. The average Bonchev–Trinajstić information content (AvgIpc) is 2.21. The van der Waals surface area contributed by atoms with E-state index in [2.05, 4.69) is 20.8 Å². The quantitative estimate of drug-likeness (QED) is 0.814. The number of carboxylic acids is 1. The second-order valence-electron chi connectivity index (χ2n) is 3.17. The molecule has 0 heterocycles. The molecule has 0 saturated carbocycles. The molecule has 1 aromatic carbocycles. The van der Waals surface area contributed by atoms with E-state index in [1.807, 2.05) is 4.89 Å². The van der Waals surface area contributed by atoms with Crippen LogP contribution < -0.4 is 4.89 Å². The van der Waals surface area contributed by atoms with Crippen LogP contribution in [0.1, 0.15) is 15.9 Å². The minimum Gasteiger partial charge on any atom is -0.478 e. The molecule has 6 nitrogen and oxygen atoms in total. The van der Waals surface area contributed by atoms with Crippen molar-refractivity contribution in [3.63, 3.8) is 0 Å². The van der Waals surface area contributed by atoms with Crippen molar-refractivity contribution in [2.24, 2.45) is 0 Å². The molecule has 1 rings (SSSR count). The van der Waals surface area contributed by atoms with Crippen LogP contribution in [0.3, 0.4) is 0 Å². The summed E-state index contributed by atoms with van der Waals surface area (Å²) in [6.07, 6.45) is 0. The smallest absolute Gasteiger partial charge is 0.336 e. The van der Waals surface area contributed by atoms with Crippen LogP contribution in [0.5, 0.6) is 0 Å². The summed E-state index contributed by atoms with van der Waals surface area (Å²) in [6.45, 7) is 1.58. The summed E-state index contributed by atoms with van der Waals surface area (Å²) in [5, 5.41) is 8.94. The largest absolute Gasteiger partial charge is 0.478 e. The number of aromatic carboxylic acids is 1. The number of carboxylic acid groups (broad SMARTS) is 1. The van der Waals surface area contributed by atoms with Crippen LogP contribution >= 0.6 is 15.9 Å². The van der Waals surface area contributed by atoms with Crippen LogP contribution in [-0.4, -0.2) is 26.6 Å². The van der Waals surface area contributed by atoms with Gasteiger partial charge in [-0.05, 0) is 24.6 Å². The fourth-order valence-electron chi connectivity index (χ4n) is 1.19. The van der Waals surface area contributed by atoms with Crippen LogP contribution in [-0.2, 0) is 14.9 Å². The molecule has 0 saturated heterocycles. The first-order valence-corrected chi connectivity index (χ1v) is 6.65. The van der Waals surface area contributed by atoms with Gasteiger partial charge in [0.15, 0.2) is 0 Å². The van der Waals surface area contributed by atoms with Crippen molar-refractivity contribution in [3.8, 4) is 0 Å². The number of carbonyl (C=O) groups is 1. The van der Waals surface area contributed by atoms with Gasteiger partial charge < -0.3 is 5.11 Å². The second-order valence-corrected chi connectivity index (χ2v) is 5.67. The Morgan fingerprint density at radius 1 is 1.47 bits per heavy atom. The summed E-state index contributed by atoms with van der Waals surface area (Å²) in [5.74, 6) is -1.20. The minimum atomic E-state index is -3.87. The van der Waals surface area contributed by atoms with Gasteiger partial charge in [0.1, 0.15) is 0 Å². The van der Waals surface area contributed by atoms with Crippen molar-refractivity contribution in [2.45, 2.75) is 11.8 Å². The van der Waals surface area contributed by atoms with E-state index < -0.39 is 16.0 Å². The molecule has 0 bridgehead atoms. The van der Waals surface area contributed by atoms with E-state index in [4.69, 9.17) is 5.11 Å². The fourth-order valence-corrected chi connectivity index (χ4v) is 2.66. The average molecular weight is 324 g/mol. The minimum absolute atomic E-state index is 0.0872. The van der Waals surface area contributed by atoms with Crippen LogP contribution in [0.4, 0.5) is 0 Å². The molecule has 0 fully saturated rings. The van der Waals surface area contributed by atoms with Crippen molar-refractivity contribution in [1.29, 1.82) is 0 Å². The highest BCUT2D eigenvalue weighted by Crippen LogP contribution is 2.24. The van der Waals surface area contributed by atoms with E-state index in [1.54, 1.807) is 6.92 Å². The molecule has 94 valence electrons. The Hall–Kier alpha value is -0.960. The van der Waals surface area contributed by atoms with Crippen LogP contribution in [0.25, 0.3) is 0 Å². The van der Waals surface area contributed by atoms with Gasteiger partial charge >= 0.3 is 5.97 Å². The van der Waals surface area contributed by atoms with E-state index >= 15 is 0 Å². The lowest BCUT2D eigenvalue weighted by molar-refractivity contribution is 0.0695. The number of benzene rings is 1. The lowest BCUT2D eigenvalue weighted by Crippen LogP contribution is -2.22. The first-order chi connectivity index (χ1) is 7.79. The molecule has 2 N–H and O–H groups in total. The highest BCUT2D eigenvalue weighted by atomic mass is 79.9. The van der Waals surface area contributed by atoms with E-state index in [0.717, 1.165) is 13.2 Å². The Balaban J connectivity index is 3.44. The molecule has 0 aliphatic carbocycles. The predicted molar refractivity (Wildman–Crippen MR) is 63.2 cm³/mol. The molecule has 8 heteroatoms. The number of hydrogen-bond donors (Lipinski definition) is 2. The number of halogens is 1. The molecule has 0 spiro atoms. The third-order valence-corrected chi connectivity index (χ3v) is 4.12. The third-order valence-electron chi connectivity index (χ3n) is 2.05. The summed E-state index contributed by atoms with van der Waals surface area (Å²) in [5.41, 5.74) is 0.365. The SMILES string of the molecule is CONS(=O)(=O)c1cc(Br)c(C)c(C(=O)O)c1. The Bertz CT molecular complexity index is 555. The van der Waals surface area contributed by atoms with E-state index in [1.165, 1.54) is 6.07 Å². The first-order valence-electron chi connectivity index (χ1n) is 4.38. The van der Waals surface area contributed by atoms with E-state index in [0.29, 0.717) is 10.0 Å². The van der Waals surface area contributed by atoms with Gasteiger partial charge in [-0.1, -0.05) is 20.8 Å². The van der Waals surface area contributed by atoms with Crippen LogP contribution in [0.2, 0.25) is 0 Å². The number of rotatable bonds is 4. The third kappa shape index (κ3) is 3.03. The van der Waals surface area contributed by atoms with E-state index in [-0.39, 0.29) is 10.5 Å². The summed E-state index contributed by atoms with van der Waals surface area (Å²) in [7, 11) is -2.72. The van der Waals surface area contributed by atoms with Gasteiger partial charge in [0.25, 0.3) is 10.0 Å². The summed E-state index contributed by atoms with van der Waals surface area (Å²) in [4.78, 5) is 16.9. The zero-order valence-electron chi connectivity index (χ0n) is 9.02. The zero-order valence-corrected chi connectivity index (χ0v) is 11.4. The lowest BCUT2D eigenvalue weighted by Gasteiger charge is -2.09. The summed E-state index contributed by atoms with van der Waals surface area (Å²) >= 11 is 3.11. The van der Waals surface area contributed by atoms with Gasteiger partial charge in [-0.3, -0.25) is 4.84 Å². The summed E-state index contributed by atoms with van der Waals surface area (Å²) < 4.78 is 23.6. The highest BCUT2D eigenvalue weighted by Gasteiger charge is 2.19. The standard InChI is InChI=1S/C9H10BrNO5S/c1-5-7(9(12)13)3-6(4-8(5)10)17(14,15)11-16-2/h3-4,11H,1-2H3,(H,12,13). The zero-order chi connectivity index (χ0) is 13.2. The molecule has 0 amide bonds. The van der Waals surface area contributed by atoms with Gasteiger partial charge in [-0.2, -0.15) is 0 Å². The molecular formula is C9H10BrNO5S. The van der Waals surface area contributed by atoms with Gasteiger partial charge in [-0.15, -0.1) is 0 Å². The fraction of sp³-hybridized carbons (Fsp3) is 0.222. The van der Waals surface area contributed by atoms with Crippen molar-refractivity contribution >= 4 is 31.9 Å². The molecule has 0 radical (unpaired) electrons. The lowest BCUT2D eigenvalue weighted by atomic mass is 10.1. The molecule has 0 aliphatic rings. The summed E-state index contributed by atoms with van der Waals surface area (Å²) in [6, 6.07) is 2.38. The molecule has 0 aliphatic heterocycles. The molecular weight excluding hydrogens is 314 g/mol. The van der Waals surface area contributed by atoms with Crippen LogP contribution in [0.15, 0.2) is 21.5 Å². The first kappa shape index (κ1) is 14.1. The Kier molecular flexibility index (Phi) is 4.26. The normalized spacial score (nSPS) is 11.5. The number of sulfonamides is 1. The van der Waals surface area contributed by atoms with Gasteiger partial charge in [0.2, 0.25) is 0 Å². The molecule has 17 heavy (non-hydrogen) atoms. The maximum atomic E-state index is 11.6. The molecule has 1 aromatic rings.